The monoisotopic (exact) mass is 313 g/mol. The minimum atomic E-state index is -3.49. The smallest absolute Gasteiger partial charge is 0.246 e. The lowest BCUT2D eigenvalue weighted by Crippen LogP contribution is -2.49. The van der Waals surface area contributed by atoms with Gasteiger partial charge in [-0.1, -0.05) is 13.8 Å². The molecule has 2 heterocycles. The van der Waals surface area contributed by atoms with E-state index in [1.807, 2.05) is 0 Å². The van der Waals surface area contributed by atoms with Crippen LogP contribution in [-0.2, 0) is 10.0 Å². The van der Waals surface area contributed by atoms with Gasteiger partial charge in [-0.15, -0.1) is 0 Å². The first kappa shape index (κ1) is 16.1. The molecule has 2 rings (SSSR count). The van der Waals surface area contributed by atoms with Gasteiger partial charge in [0.2, 0.25) is 16.0 Å². The lowest BCUT2D eigenvalue weighted by atomic mass is 10.2. The summed E-state index contributed by atoms with van der Waals surface area (Å²) >= 11 is 0. The van der Waals surface area contributed by atoms with E-state index in [0.717, 1.165) is 19.6 Å². The average Bonchev–Trinajstić information content (AvgIpc) is 2.47. The number of aromatic nitrogens is 2. The second kappa shape index (κ2) is 6.67. The molecule has 1 aromatic heterocycles. The number of piperazine rings is 1. The second-order valence-electron chi connectivity index (χ2n) is 5.59. The van der Waals surface area contributed by atoms with Crippen molar-refractivity contribution in [1.29, 1.82) is 0 Å². The Morgan fingerprint density at radius 2 is 1.76 bits per heavy atom. The molecule has 0 saturated carbocycles. The van der Waals surface area contributed by atoms with Crippen LogP contribution < -0.4 is 5.32 Å². The zero-order valence-electron chi connectivity index (χ0n) is 12.8. The predicted octanol–water partition coefficient (Wildman–Crippen LogP) is 0.481. The van der Waals surface area contributed by atoms with Crippen LogP contribution >= 0.6 is 0 Å². The number of anilines is 1. The van der Waals surface area contributed by atoms with Gasteiger partial charge in [0.05, 0.1) is 12.4 Å². The number of hydrogen-bond donors (Lipinski definition) is 1. The van der Waals surface area contributed by atoms with E-state index in [1.165, 1.54) is 16.7 Å². The van der Waals surface area contributed by atoms with Crippen molar-refractivity contribution in [3.05, 3.63) is 12.4 Å². The van der Waals surface area contributed by atoms with E-state index >= 15 is 0 Å². The molecule has 0 bridgehead atoms. The third-order valence-corrected chi connectivity index (χ3v) is 5.30. The van der Waals surface area contributed by atoms with Crippen LogP contribution in [0.25, 0.3) is 0 Å². The molecule has 1 aliphatic heterocycles. The Balaban J connectivity index is 2.03. The molecule has 1 aromatic rings. The highest BCUT2D eigenvalue weighted by molar-refractivity contribution is 7.89. The third kappa shape index (κ3) is 3.90. The first-order chi connectivity index (χ1) is 9.93. The fourth-order valence-electron chi connectivity index (χ4n) is 2.40. The summed E-state index contributed by atoms with van der Waals surface area (Å²) in [5, 5.41) is 2.77. The van der Waals surface area contributed by atoms with Crippen LogP contribution in [0.3, 0.4) is 0 Å². The van der Waals surface area contributed by atoms with Gasteiger partial charge in [0.15, 0.2) is 0 Å². The minimum Gasteiger partial charge on any atom is -0.357 e. The molecule has 0 spiro atoms. The van der Waals surface area contributed by atoms with Crippen molar-refractivity contribution in [1.82, 2.24) is 19.2 Å². The normalized spacial score (nSPS) is 18.1. The lowest BCUT2D eigenvalue weighted by molar-refractivity contribution is 0.172. The molecule has 118 valence electrons. The van der Waals surface area contributed by atoms with Gasteiger partial charge in [-0.3, -0.25) is 0 Å². The van der Waals surface area contributed by atoms with Crippen LogP contribution in [0.4, 0.5) is 5.95 Å². The molecule has 0 amide bonds. The maximum atomic E-state index is 12.5. The third-order valence-electron chi connectivity index (χ3n) is 3.44. The van der Waals surface area contributed by atoms with E-state index < -0.39 is 10.0 Å². The standard InChI is InChI=1S/C13H23N5O2S/c1-11(2)10-17-4-6-18(7-5-17)21(19,20)12-8-15-13(14-3)16-9-12/h8-9,11H,4-7,10H2,1-3H3,(H,14,15,16). The number of hydrogen-bond acceptors (Lipinski definition) is 6. The highest BCUT2D eigenvalue weighted by Gasteiger charge is 2.29. The zero-order valence-corrected chi connectivity index (χ0v) is 13.6. The van der Waals surface area contributed by atoms with E-state index in [-0.39, 0.29) is 4.90 Å². The first-order valence-corrected chi connectivity index (χ1v) is 8.60. The molecule has 0 aromatic carbocycles. The number of rotatable bonds is 5. The van der Waals surface area contributed by atoms with Gasteiger partial charge in [-0.05, 0) is 5.92 Å². The molecule has 0 unspecified atom stereocenters. The van der Waals surface area contributed by atoms with Gasteiger partial charge in [-0.2, -0.15) is 4.31 Å². The molecular weight excluding hydrogens is 290 g/mol. The van der Waals surface area contributed by atoms with E-state index in [1.54, 1.807) is 7.05 Å². The van der Waals surface area contributed by atoms with Crippen molar-refractivity contribution in [2.75, 3.05) is 45.1 Å². The highest BCUT2D eigenvalue weighted by Crippen LogP contribution is 2.17. The quantitative estimate of drug-likeness (QED) is 0.852. The summed E-state index contributed by atoms with van der Waals surface area (Å²) in [5.74, 6) is 1.01. The SMILES string of the molecule is CNc1ncc(S(=O)(=O)N2CCN(CC(C)C)CC2)cn1. The van der Waals surface area contributed by atoms with E-state index in [2.05, 4.69) is 34.0 Å². The van der Waals surface area contributed by atoms with Gasteiger partial charge >= 0.3 is 0 Å². The topological polar surface area (TPSA) is 78.4 Å². The van der Waals surface area contributed by atoms with Crippen LogP contribution in [0.2, 0.25) is 0 Å². The lowest BCUT2D eigenvalue weighted by Gasteiger charge is -2.34. The number of nitrogens with zero attached hydrogens (tertiary/aromatic N) is 4. The van der Waals surface area contributed by atoms with Gasteiger partial charge in [-0.25, -0.2) is 18.4 Å². The van der Waals surface area contributed by atoms with Gasteiger partial charge in [0.1, 0.15) is 4.90 Å². The summed E-state index contributed by atoms with van der Waals surface area (Å²) in [4.78, 5) is 10.4. The van der Waals surface area contributed by atoms with Crippen molar-refractivity contribution < 1.29 is 8.42 Å². The molecule has 1 fully saturated rings. The van der Waals surface area contributed by atoms with Crippen LogP contribution in [-0.4, -0.2) is 67.4 Å². The van der Waals surface area contributed by atoms with Gasteiger partial charge in [0, 0.05) is 39.8 Å². The van der Waals surface area contributed by atoms with Crippen molar-refractivity contribution >= 4 is 16.0 Å². The Kier molecular flexibility index (Phi) is 5.13. The number of sulfonamides is 1. The molecular formula is C13H23N5O2S. The van der Waals surface area contributed by atoms with Crippen LogP contribution in [0.15, 0.2) is 17.3 Å². The molecule has 8 heteroatoms. The van der Waals surface area contributed by atoms with Crippen molar-refractivity contribution in [3.63, 3.8) is 0 Å². The first-order valence-electron chi connectivity index (χ1n) is 7.16. The second-order valence-corrected chi connectivity index (χ2v) is 7.53. The predicted molar refractivity (Wildman–Crippen MR) is 81.6 cm³/mol. The maximum absolute atomic E-state index is 12.5. The largest absolute Gasteiger partial charge is 0.357 e. The average molecular weight is 313 g/mol. The Hall–Kier alpha value is -1.25. The van der Waals surface area contributed by atoms with Crippen LogP contribution in [0, 0.1) is 5.92 Å². The summed E-state index contributed by atoms with van der Waals surface area (Å²) in [6.45, 7) is 7.92. The minimum absolute atomic E-state index is 0.152. The molecule has 7 nitrogen and oxygen atoms in total. The van der Waals surface area contributed by atoms with E-state index in [4.69, 9.17) is 0 Å². The molecule has 1 aliphatic rings. The van der Waals surface area contributed by atoms with Crippen LogP contribution in [0.1, 0.15) is 13.8 Å². The summed E-state index contributed by atoms with van der Waals surface area (Å²) < 4.78 is 26.6. The van der Waals surface area contributed by atoms with E-state index in [0.29, 0.717) is 25.0 Å². The maximum Gasteiger partial charge on any atom is 0.246 e. The summed E-state index contributed by atoms with van der Waals surface area (Å²) in [5.41, 5.74) is 0. The fraction of sp³-hybridized carbons (Fsp3) is 0.692. The highest BCUT2D eigenvalue weighted by atomic mass is 32.2. The van der Waals surface area contributed by atoms with Gasteiger partial charge < -0.3 is 10.2 Å². The fourth-order valence-corrected chi connectivity index (χ4v) is 3.71. The summed E-state index contributed by atoms with van der Waals surface area (Å²) in [7, 11) is -1.79. The molecule has 1 N–H and O–H groups in total. The molecule has 1 saturated heterocycles. The van der Waals surface area contributed by atoms with Crippen molar-refractivity contribution in [2.45, 2.75) is 18.7 Å². The Morgan fingerprint density at radius 1 is 1.19 bits per heavy atom. The van der Waals surface area contributed by atoms with Crippen molar-refractivity contribution in [3.8, 4) is 0 Å². The molecule has 0 atom stereocenters. The van der Waals surface area contributed by atoms with Gasteiger partial charge in [0.25, 0.3) is 0 Å². The Labute approximate surface area is 126 Å². The Bertz CT molecular complexity index is 550. The summed E-state index contributed by atoms with van der Waals surface area (Å²) in [6, 6.07) is 0. The molecule has 21 heavy (non-hydrogen) atoms. The Morgan fingerprint density at radius 3 is 2.24 bits per heavy atom. The van der Waals surface area contributed by atoms with E-state index in [9.17, 15) is 8.42 Å². The summed E-state index contributed by atoms with van der Waals surface area (Å²) in [6.07, 6.45) is 2.71. The van der Waals surface area contributed by atoms with Crippen molar-refractivity contribution in [2.24, 2.45) is 5.92 Å². The zero-order chi connectivity index (χ0) is 15.5. The molecule has 0 aliphatic carbocycles. The molecule has 0 radical (unpaired) electrons. The van der Waals surface area contributed by atoms with Crippen LogP contribution in [0.5, 0.6) is 0 Å². The number of nitrogens with one attached hydrogen (secondary N) is 1.